The van der Waals surface area contributed by atoms with Crippen molar-refractivity contribution in [3.63, 3.8) is 0 Å². The zero-order valence-electron chi connectivity index (χ0n) is 17.3. The van der Waals surface area contributed by atoms with E-state index in [1.54, 1.807) is 25.6 Å². The van der Waals surface area contributed by atoms with E-state index in [0.717, 1.165) is 11.1 Å². The van der Waals surface area contributed by atoms with Crippen LogP contribution in [-0.4, -0.2) is 24.7 Å². The third-order valence-corrected chi connectivity index (χ3v) is 5.75. The van der Waals surface area contributed by atoms with Gasteiger partial charge >= 0.3 is 0 Å². The Balaban J connectivity index is 1.79. The summed E-state index contributed by atoms with van der Waals surface area (Å²) in [5.74, 6) is 1.58. The standard InChI is InChI=1S/C23H28N2O3S/c1-16(2)23(17-7-8-20(27-3)21(13-17)28-4)24-22(26)14-19(18-9-12-29-15-18)25-10-5-6-11-25/h5-13,15-16,19,23H,14H2,1-4H3,(H,24,26). The summed E-state index contributed by atoms with van der Waals surface area (Å²) in [5.41, 5.74) is 2.15. The summed E-state index contributed by atoms with van der Waals surface area (Å²) in [5, 5.41) is 7.38. The topological polar surface area (TPSA) is 52.5 Å². The Kier molecular flexibility index (Phi) is 6.99. The SMILES string of the molecule is COc1ccc(C(NC(=O)CC(c2ccsc2)n2cccc2)C(C)C)cc1OC. The van der Waals surface area contributed by atoms with Crippen LogP contribution >= 0.6 is 11.3 Å². The Hall–Kier alpha value is -2.73. The van der Waals surface area contributed by atoms with Crippen LogP contribution in [0.25, 0.3) is 0 Å². The summed E-state index contributed by atoms with van der Waals surface area (Å²) in [6.07, 6.45) is 4.38. The van der Waals surface area contributed by atoms with Crippen molar-refractivity contribution in [3.05, 3.63) is 70.7 Å². The molecule has 0 aliphatic heterocycles. The molecule has 1 N–H and O–H groups in total. The molecule has 1 aromatic carbocycles. The van der Waals surface area contributed by atoms with Crippen molar-refractivity contribution in [1.29, 1.82) is 0 Å². The number of hydrogen-bond donors (Lipinski definition) is 1. The van der Waals surface area contributed by atoms with Gasteiger partial charge < -0.3 is 19.4 Å². The van der Waals surface area contributed by atoms with Gasteiger partial charge in [-0.05, 0) is 58.1 Å². The molecule has 0 fully saturated rings. The maximum Gasteiger partial charge on any atom is 0.222 e. The molecule has 3 aromatic rings. The zero-order chi connectivity index (χ0) is 20.8. The van der Waals surface area contributed by atoms with Gasteiger partial charge in [0.25, 0.3) is 0 Å². The van der Waals surface area contributed by atoms with Crippen LogP contribution in [0, 0.1) is 5.92 Å². The molecule has 154 valence electrons. The Morgan fingerprint density at radius 1 is 1.07 bits per heavy atom. The number of nitrogens with one attached hydrogen (secondary N) is 1. The summed E-state index contributed by atoms with van der Waals surface area (Å²) in [4.78, 5) is 13.0. The molecule has 6 heteroatoms. The van der Waals surface area contributed by atoms with Crippen molar-refractivity contribution in [3.8, 4) is 11.5 Å². The van der Waals surface area contributed by atoms with E-state index >= 15 is 0 Å². The molecule has 5 nitrogen and oxygen atoms in total. The highest BCUT2D eigenvalue weighted by Crippen LogP contribution is 2.33. The van der Waals surface area contributed by atoms with Crippen LogP contribution in [0.3, 0.4) is 0 Å². The molecule has 0 saturated carbocycles. The van der Waals surface area contributed by atoms with Gasteiger partial charge in [0.15, 0.2) is 11.5 Å². The number of ether oxygens (including phenoxy) is 2. The van der Waals surface area contributed by atoms with Gasteiger partial charge in [-0.15, -0.1) is 0 Å². The number of thiophene rings is 1. The van der Waals surface area contributed by atoms with Crippen molar-refractivity contribution in [2.75, 3.05) is 14.2 Å². The molecule has 2 atom stereocenters. The average molecular weight is 413 g/mol. The summed E-state index contributed by atoms with van der Waals surface area (Å²) < 4.78 is 12.9. The van der Waals surface area contributed by atoms with E-state index in [0.29, 0.717) is 17.9 Å². The second-order valence-corrected chi connectivity index (χ2v) is 8.09. The summed E-state index contributed by atoms with van der Waals surface area (Å²) in [6.45, 7) is 4.20. The van der Waals surface area contributed by atoms with Crippen LogP contribution in [0.5, 0.6) is 11.5 Å². The zero-order valence-corrected chi connectivity index (χ0v) is 18.1. The fourth-order valence-electron chi connectivity index (χ4n) is 3.50. The molecule has 0 bridgehead atoms. The van der Waals surface area contributed by atoms with Crippen LogP contribution in [0.15, 0.2) is 59.6 Å². The molecule has 3 rings (SSSR count). The maximum absolute atomic E-state index is 13.0. The summed E-state index contributed by atoms with van der Waals surface area (Å²) >= 11 is 1.64. The molecule has 29 heavy (non-hydrogen) atoms. The van der Waals surface area contributed by atoms with Gasteiger partial charge in [0.05, 0.1) is 32.7 Å². The molecule has 2 unspecified atom stereocenters. The highest BCUT2D eigenvalue weighted by Gasteiger charge is 2.23. The average Bonchev–Trinajstić information content (AvgIpc) is 3.44. The Morgan fingerprint density at radius 2 is 1.79 bits per heavy atom. The Labute approximate surface area is 176 Å². The van der Waals surface area contributed by atoms with Gasteiger partial charge in [0.2, 0.25) is 5.91 Å². The van der Waals surface area contributed by atoms with E-state index in [1.165, 1.54) is 0 Å². The molecule has 0 spiro atoms. The minimum Gasteiger partial charge on any atom is -0.493 e. The fourth-order valence-corrected chi connectivity index (χ4v) is 4.21. The lowest BCUT2D eigenvalue weighted by atomic mass is 9.95. The lowest BCUT2D eigenvalue weighted by Gasteiger charge is -2.25. The van der Waals surface area contributed by atoms with Crippen LogP contribution in [0.1, 0.15) is 43.5 Å². The predicted molar refractivity (Wildman–Crippen MR) is 117 cm³/mol. The van der Waals surface area contributed by atoms with Crippen molar-refractivity contribution in [1.82, 2.24) is 9.88 Å². The number of rotatable bonds is 9. The maximum atomic E-state index is 13.0. The molecule has 0 radical (unpaired) electrons. The van der Waals surface area contributed by atoms with Gasteiger partial charge in [-0.3, -0.25) is 4.79 Å². The van der Waals surface area contributed by atoms with Gasteiger partial charge in [0.1, 0.15) is 0 Å². The lowest BCUT2D eigenvalue weighted by Crippen LogP contribution is -2.33. The molecule has 2 heterocycles. The number of nitrogens with zero attached hydrogens (tertiary/aromatic N) is 1. The van der Waals surface area contributed by atoms with Crippen LogP contribution < -0.4 is 14.8 Å². The molecule has 1 amide bonds. The summed E-state index contributed by atoms with van der Waals surface area (Å²) in [6, 6.07) is 11.7. The van der Waals surface area contributed by atoms with E-state index in [4.69, 9.17) is 9.47 Å². The lowest BCUT2D eigenvalue weighted by molar-refractivity contribution is -0.122. The molecule has 0 aliphatic rings. The molecule has 0 aliphatic carbocycles. The number of aromatic nitrogens is 1. The number of carbonyl (C=O) groups is 1. The first kappa shape index (κ1) is 21.0. The highest BCUT2D eigenvalue weighted by molar-refractivity contribution is 7.08. The molecule has 2 aromatic heterocycles. The molecular weight excluding hydrogens is 384 g/mol. The van der Waals surface area contributed by atoms with Crippen molar-refractivity contribution < 1.29 is 14.3 Å². The fraction of sp³-hybridized carbons (Fsp3) is 0.348. The number of benzene rings is 1. The second-order valence-electron chi connectivity index (χ2n) is 7.31. The smallest absolute Gasteiger partial charge is 0.222 e. The first-order chi connectivity index (χ1) is 14.0. The van der Waals surface area contributed by atoms with Crippen molar-refractivity contribution >= 4 is 17.2 Å². The van der Waals surface area contributed by atoms with Gasteiger partial charge in [-0.25, -0.2) is 0 Å². The monoisotopic (exact) mass is 412 g/mol. The first-order valence-electron chi connectivity index (χ1n) is 9.69. The molecule has 0 saturated heterocycles. The van der Waals surface area contributed by atoms with E-state index in [2.05, 4.69) is 35.2 Å². The number of methoxy groups -OCH3 is 2. The van der Waals surface area contributed by atoms with Crippen LogP contribution in [0.4, 0.5) is 0 Å². The summed E-state index contributed by atoms with van der Waals surface area (Å²) in [7, 11) is 3.23. The van der Waals surface area contributed by atoms with Crippen molar-refractivity contribution in [2.45, 2.75) is 32.4 Å². The predicted octanol–water partition coefficient (Wildman–Crippen LogP) is 5.06. The van der Waals surface area contributed by atoms with Crippen LogP contribution in [-0.2, 0) is 4.79 Å². The highest BCUT2D eigenvalue weighted by atomic mass is 32.1. The Morgan fingerprint density at radius 3 is 2.38 bits per heavy atom. The van der Waals surface area contributed by atoms with E-state index < -0.39 is 0 Å². The third-order valence-electron chi connectivity index (χ3n) is 5.04. The van der Waals surface area contributed by atoms with Gasteiger partial charge in [-0.1, -0.05) is 19.9 Å². The van der Waals surface area contributed by atoms with E-state index in [-0.39, 0.29) is 23.9 Å². The van der Waals surface area contributed by atoms with Gasteiger partial charge in [0, 0.05) is 12.4 Å². The van der Waals surface area contributed by atoms with Gasteiger partial charge in [-0.2, -0.15) is 11.3 Å². The normalized spacial score (nSPS) is 13.1. The quantitative estimate of drug-likeness (QED) is 0.534. The number of amides is 1. The van der Waals surface area contributed by atoms with Crippen LogP contribution in [0.2, 0.25) is 0 Å². The third kappa shape index (κ3) is 5.01. The van der Waals surface area contributed by atoms with Crippen molar-refractivity contribution in [2.24, 2.45) is 5.92 Å². The molecular formula is C23H28N2O3S. The first-order valence-corrected chi connectivity index (χ1v) is 10.6. The number of carbonyl (C=O) groups excluding carboxylic acids is 1. The van der Waals surface area contributed by atoms with E-state index in [1.807, 2.05) is 48.1 Å². The van der Waals surface area contributed by atoms with E-state index in [9.17, 15) is 4.79 Å². The Bertz CT molecular complexity index is 870. The minimum absolute atomic E-state index is 0.0170. The number of hydrogen-bond acceptors (Lipinski definition) is 4. The second kappa shape index (κ2) is 9.65. The largest absolute Gasteiger partial charge is 0.493 e. The minimum atomic E-state index is -0.116.